The fourth-order valence-corrected chi connectivity index (χ4v) is 3.78. The summed E-state index contributed by atoms with van der Waals surface area (Å²) in [4.78, 5) is 27.6. The van der Waals surface area contributed by atoms with Gasteiger partial charge in [-0.3, -0.25) is 19.7 Å². The van der Waals surface area contributed by atoms with Gasteiger partial charge in [0.2, 0.25) is 5.91 Å². The van der Waals surface area contributed by atoms with E-state index in [1.807, 2.05) is 24.0 Å². The minimum Gasteiger partial charge on any atom is -0.490 e. The Kier molecular flexibility index (Phi) is 9.92. The van der Waals surface area contributed by atoms with E-state index in [2.05, 4.69) is 25.1 Å². The van der Waals surface area contributed by atoms with E-state index in [-0.39, 0.29) is 35.9 Å². The lowest BCUT2D eigenvalue weighted by Crippen LogP contribution is -2.57. The number of guanidine groups is 1. The number of ether oxygens (including phenoxy) is 1. The number of rotatable bonds is 6. The highest BCUT2D eigenvalue weighted by Gasteiger charge is 2.30. The van der Waals surface area contributed by atoms with Crippen molar-refractivity contribution in [2.45, 2.75) is 25.8 Å². The average Bonchev–Trinajstić information content (AvgIpc) is 3.29. The third-order valence-corrected chi connectivity index (χ3v) is 5.44. The molecule has 2 aliphatic rings. The van der Waals surface area contributed by atoms with Gasteiger partial charge in [0, 0.05) is 52.5 Å². The summed E-state index contributed by atoms with van der Waals surface area (Å²) < 4.78 is 5.66. The monoisotopic (exact) mass is 516 g/mol. The van der Waals surface area contributed by atoms with E-state index in [9.17, 15) is 4.79 Å². The molecule has 1 N–H and O–H groups in total. The normalized spacial score (nSPS) is 18.9. The van der Waals surface area contributed by atoms with Crippen LogP contribution in [-0.4, -0.2) is 97.1 Å². The molecule has 2 saturated heterocycles. The highest BCUT2D eigenvalue weighted by molar-refractivity contribution is 14.0. The molecule has 0 saturated carbocycles. The van der Waals surface area contributed by atoms with E-state index in [0.29, 0.717) is 13.2 Å². The maximum absolute atomic E-state index is 12.6. The first kappa shape index (κ1) is 23.7. The number of likely N-dealkylation sites (tertiary alicyclic amines) is 1. The highest BCUT2D eigenvalue weighted by Crippen LogP contribution is 2.14. The van der Waals surface area contributed by atoms with Gasteiger partial charge in [-0.1, -0.05) is 0 Å². The predicted octanol–water partition coefficient (Wildman–Crippen LogP) is 1.28. The van der Waals surface area contributed by atoms with Crippen LogP contribution in [0.1, 0.15) is 19.8 Å². The van der Waals surface area contributed by atoms with Crippen LogP contribution in [0.25, 0.3) is 0 Å². The van der Waals surface area contributed by atoms with Gasteiger partial charge in [-0.05, 0) is 31.9 Å². The molecule has 9 heteroatoms. The van der Waals surface area contributed by atoms with E-state index < -0.39 is 0 Å². The summed E-state index contributed by atoms with van der Waals surface area (Å²) >= 11 is 0. The van der Waals surface area contributed by atoms with Crippen LogP contribution in [0.4, 0.5) is 0 Å². The second kappa shape index (κ2) is 12.2. The first-order valence-electron chi connectivity index (χ1n) is 10.2. The largest absolute Gasteiger partial charge is 0.490 e. The van der Waals surface area contributed by atoms with E-state index >= 15 is 0 Å². The maximum Gasteiger partial charge on any atom is 0.239 e. The van der Waals surface area contributed by atoms with Crippen molar-refractivity contribution in [1.82, 2.24) is 25.0 Å². The van der Waals surface area contributed by atoms with Crippen molar-refractivity contribution < 1.29 is 9.53 Å². The Morgan fingerprint density at radius 2 is 1.93 bits per heavy atom. The molecule has 3 heterocycles. The summed E-state index contributed by atoms with van der Waals surface area (Å²) in [6.07, 6.45) is 5.71. The van der Waals surface area contributed by atoms with Crippen molar-refractivity contribution >= 4 is 35.8 Å². The van der Waals surface area contributed by atoms with Crippen LogP contribution < -0.4 is 10.1 Å². The molecule has 1 atom stereocenters. The molecule has 1 aromatic rings. The number of nitrogens with one attached hydrogen (secondary N) is 1. The van der Waals surface area contributed by atoms with Crippen LogP contribution >= 0.6 is 24.0 Å². The van der Waals surface area contributed by atoms with Crippen LogP contribution in [0.3, 0.4) is 0 Å². The Morgan fingerprint density at radius 1 is 1.21 bits per heavy atom. The first-order chi connectivity index (χ1) is 13.7. The number of hydrogen-bond acceptors (Lipinski definition) is 5. The van der Waals surface area contributed by atoms with Gasteiger partial charge in [0.1, 0.15) is 12.4 Å². The molecule has 1 unspecified atom stereocenters. The quantitative estimate of drug-likeness (QED) is 0.266. The standard InChI is InChI=1S/C20H32N6O2.HI/c1-17(19(27)25-9-3-4-10-25)24-11-13-26(14-12-24)20(21-2)23-8-15-28-18-6-5-7-22-16-18;/h5-7,16-17H,3-4,8-15H2,1-2H3,(H,21,23);1H. The van der Waals surface area contributed by atoms with Gasteiger partial charge in [0.15, 0.2) is 5.96 Å². The third kappa shape index (κ3) is 6.70. The Hall–Kier alpha value is -1.62. The number of pyridine rings is 1. The SMILES string of the molecule is CN=C(NCCOc1cccnc1)N1CCN(C(C)C(=O)N2CCCC2)CC1.I. The number of aliphatic imine (C=N–C) groups is 1. The second-order valence-corrected chi connectivity index (χ2v) is 7.24. The molecular formula is C20H33IN6O2. The summed E-state index contributed by atoms with van der Waals surface area (Å²) in [6, 6.07) is 3.71. The third-order valence-electron chi connectivity index (χ3n) is 5.44. The van der Waals surface area contributed by atoms with Crippen LogP contribution in [0, 0.1) is 0 Å². The van der Waals surface area contributed by atoms with Crippen LogP contribution in [0.2, 0.25) is 0 Å². The van der Waals surface area contributed by atoms with Crippen molar-refractivity contribution in [3.63, 3.8) is 0 Å². The van der Waals surface area contributed by atoms with Crippen LogP contribution in [0.5, 0.6) is 5.75 Å². The summed E-state index contributed by atoms with van der Waals surface area (Å²) in [5.74, 6) is 1.93. The number of amides is 1. The first-order valence-corrected chi connectivity index (χ1v) is 10.2. The minimum atomic E-state index is -0.0388. The van der Waals surface area contributed by atoms with Gasteiger partial charge in [-0.15, -0.1) is 24.0 Å². The molecule has 1 amide bonds. The van der Waals surface area contributed by atoms with Crippen molar-refractivity contribution in [1.29, 1.82) is 0 Å². The molecule has 3 rings (SSSR count). The van der Waals surface area contributed by atoms with Crippen molar-refractivity contribution in [3.8, 4) is 5.75 Å². The van der Waals surface area contributed by atoms with Crippen molar-refractivity contribution in [2.75, 3.05) is 59.5 Å². The molecule has 162 valence electrons. The maximum atomic E-state index is 12.6. The van der Waals surface area contributed by atoms with E-state index in [1.54, 1.807) is 19.4 Å². The number of halogens is 1. The number of hydrogen-bond donors (Lipinski definition) is 1. The molecule has 2 aliphatic heterocycles. The average molecular weight is 516 g/mol. The van der Waals surface area contributed by atoms with Gasteiger partial charge in [-0.2, -0.15) is 0 Å². The lowest BCUT2D eigenvalue weighted by molar-refractivity contribution is -0.135. The fourth-order valence-electron chi connectivity index (χ4n) is 3.78. The van der Waals surface area contributed by atoms with Crippen LogP contribution in [0.15, 0.2) is 29.5 Å². The smallest absolute Gasteiger partial charge is 0.239 e. The van der Waals surface area contributed by atoms with Gasteiger partial charge >= 0.3 is 0 Å². The molecule has 8 nitrogen and oxygen atoms in total. The number of piperazine rings is 1. The summed E-state index contributed by atoms with van der Waals surface area (Å²) in [5.41, 5.74) is 0. The zero-order valence-electron chi connectivity index (χ0n) is 17.4. The Balaban J connectivity index is 0.00000300. The summed E-state index contributed by atoms with van der Waals surface area (Å²) in [5, 5.41) is 3.36. The molecule has 0 aliphatic carbocycles. The molecule has 1 aromatic heterocycles. The van der Waals surface area contributed by atoms with E-state index in [4.69, 9.17) is 4.74 Å². The molecule has 0 spiro atoms. The fraction of sp³-hybridized carbons (Fsp3) is 0.650. The Bertz CT molecular complexity index is 646. The van der Waals surface area contributed by atoms with Gasteiger partial charge in [-0.25, -0.2) is 0 Å². The lowest BCUT2D eigenvalue weighted by atomic mass is 10.2. The molecular weight excluding hydrogens is 483 g/mol. The van der Waals surface area contributed by atoms with Crippen molar-refractivity contribution in [2.24, 2.45) is 4.99 Å². The van der Waals surface area contributed by atoms with E-state index in [0.717, 1.165) is 63.8 Å². The molecule has 0 bridgehead atoms. The number of nitrogens with zero attached hydrogens (tertiary/aromatic N) is 5. The molecule has 29 heavy (non-hydrogen) atoms. The molecule has 0 radical (unpaired) electrons. The highest BCUT2D eigenvalue weighted by atomic mass is 127. The molecule has 0 aromatic carbocycles. The number of carbonyl (C=O) groups is 1. The predicted molar refractivity (Wildman–Crippen MR) is 125 cm³/mol. The van der Waals surface area contributed by atoms with Gasteiger partial charge in [0.25, 0.3) is 0 Å². The van der Waals surface area contributed by atoms with E-state index in [1.165, 1.54) is 0 Å². The summed E-state index contributed by atoms with van der Waals surface area (Å²) in [6.45, 7) is 8.56. The van der Waals surface area contributed by atoms with Crippen LogP contribution in [-0.2, 0) is 4.79 Å². The minimum absolute atomic E-state index is 0. The zero-order valence-corrected chi connectivity index (χ0v) is 19.7. The second-order valence-electron chi connectivity index (χ2n) is 7.24. The number of aromatic nitrogens is 1. The van der Waals surface area contributed by atoms with Gasteiger partial charge in [0.05, 0.1) is 18.8 Å². The number of carbonyl (C=O) groups excluding carboxylic acids is 1. The van der Waals surface area contributed by atoms with Gasteiger partial charge < -0.3 is 19.9 Å². The van der Waals surface area contributed by atoms with Crippen molar-refractivity contribution in [3.05, 3.63) is 24.5 Å². The lowest BCUT2D eigenvalue weighted by Gasteiger charge is -2.39. The Labute approximate surface area is 190 Å². The Morgan fingerprint density at radius 3 is 2.55 bits per heavy atom. The zero-order chi connectivity index (χ0) is 19.8. The summed E-state index contributed by atoms with van der Waals surface area (Å²) in [7, 11) is 1.80. The topological polar surface area (TPSA) is 73.3 Å². The molecule has 2 fully saturated rings.